The maximum absolute atomic E-state index is 14.1. The lowest BCUT2D eigenvalue weighted by atomic mass is 9.84. The van der Waals surface area contributed by atoms with Gasteiger partial charge >= 0.3 is 0 Å². The van der Waals surface area contributed by atoms with Crippen molar-refractivity contribution in [1.82, 2.24) is 29.5 Å². The van der Waals surface area contributed by atoms with Gasteiger partial charge in [0.25, 0.3) is 5.91 Å². The fourth-order valence-electron chi connectivity index (χ4n) is 5.41. The Morgan fingerprint density at radius 1 is 1.08 bits per heavy atom. The second-order valence-electron chi connectivity index (χ2n) is 9.70. The number of likely N-dealkylation sites (tertiary alicyclic amines) is 2. The van der Waals surface area contributed by atoms with E-state index >= 15 is 0 Å². The van der Waals surface area contributed by atoms with Crippen molar-refractivity contribution < 1.29 is 18.4 Å². The topological polar surface area (TPSA) is 82.8 Å². The van der Waals surface area contributed by atoms with Gasteiger partial charge in [0.1, 0.15) is 11.6 Å². The van der Waals surface area contributed by atoms with Crippen molar-refractivity contribution in [1.29, 1.82) is 0 Å². The standard InChI is InChI=1S/C26H30F2N6O2/c1-17(32-7-3-2-4-8-32)25(35)31-22-15-33(9-5-21(22)18-11-19(27)13-20(28)12-18)26(36)24-23-14-29-16-34(23)10-6-30-24/h6,10-14,16-17,21-22H,2-5,7-9,15H2,1H3,(H,31,35)/t17-,21+,22-/m1/s1. The highest BCUT2D eigenvalue weighted by Gasteiger charge is 2.36. The molecule has 0 unspecified atom stereocenters. The number of hydrogen-bond acceptors (Lipinski definition) is 5. The Morgan fingerprint density at radius 3 is 2.58 bits per heavy atom. The van der Waals surface area contributed by atoms with E-state index < -0.39 is 17.7 Å². The summed E-state index contributed by atoms with van der Waals surface area (Å²) in [5, 5.41) is 3.11. The van der Waals surface area contributed by atoms with Gasteiger partial charge in [0.15, 0.2) is 5.69 Å². The monoisotopic (exact) mass is 496 g/mol. The Morgan fingerprint density at radius 2 is 1.83 bits per heavy atom. The summed E-state index contributed by atoms with van der Waals surface area (Å²) in [6.07, 6.45) is 10.2. The molecule has 0 radical (unpaired) electrons. The Labute approximate surface area is 208 Å². The Balaban J connectivity index is 1.40. The lowest BCUT2D eigenvalue weighted by Gasteiger charge is -2.40. The number of amides is 2. The quantitative estimate of drug-likeness (QED) is 0.587. The second-order valence-corrected chi connectivity index (χ2v) is 9.70. The number of imidazole rings is 1. The number of carbonyl (C=O) groups excluding carboxylic acids is 2. The van der Waals surface area contributed by atoms with E-state index in [2.05, 4.69) is 20.2 Å². The van der Waals surface area contributed by atoms with Gasteiger partial charge in [-0.3, -0.25) is 14.5 Å². The zero-order chi connectivity index (χ0) is 25.2. The van der Waals surface area contributed by atoms with Crippen molar-refractivity contribution >= 4 is 17.3 Å². The molecule has 3 atom stereocenters. The summed E-state index contributed by atoms with van der Waals surface area (Å²) in [5.74, 6) is -2.07. The third kappa shape index (κ3) is 4.95. The van der Waals surface area contributed by atoms with Gasteiger partial charge in [-0.25, -0.2) is 18.7 Å². The molecule has 5 rings (SSSR count). The van der Waals surface area contributed by atoms with Crippen molar-refractivity contribution in [3.05, 3.63) is 66.0 Å². The zero-order valence-corrected chi connectivity index (χ0v) is 20.2. The maximum atomic E-state index is 14.1. The molecule has 10 heteroatoms. The number of piperidine rings is 2. The number of aromatic nitrogens is 3. The van der Waals surface area contributed by atoms with Crippen LogP contribution >= 0.6 is 0 Å². The first kappa shape index (κ1) is 24.3. The molecule has 36 heavy (non-hydrogen) atoms. The van der Waals surface area contributed by atoms with Crippen LogP contribution in [0.1, 0.15) is 54.6 Å². The van der Waals surface area contributed by atoms with Gasteiger partial charge < -0.3 is 14.6 Å². The van der Waals surface area contributed by atoms with Crippen molar-refractivity contribution in [3.63, 3.8) is 0 Å². The van der Waals surface area contributed by atoms with Crippen LogP contribution < -0.4 is 5.32 Å². The van der Waals surface area contributed by atoms with Gasteiger partial charge in [0.05, 0.1) is 30.1 Å². The van der Waals surface area contributed by atoms with E-state index in [1.54, 1.807) is 34.2 Å². The molecule has 2 aromatic heterocycles. The van der Waals surface area contributed by atoms with Gasteiger partial charge in [-0.1, -0.05) is 6.42 Å². The molecule has 0 aliphatic carbocycles. The van der Waals surface area contributed by atoms with Gasteiger partial charge in [0, 0.05) is 37.5 Å². The summed E-state index contributed by atoms with van der Waals surface area (Å²) in [7, 11) is 0. The van der Waals surface area contributed by atoms with Crippen LogP contribution in [0, 0.1) is 11.6 Å². The van der Waals surface area contributed by atoms with Crippen LogP contribution in [-0.4, -0.2) is 74.2 Å². The summed E-state index contributed by atoms with van der Waals surface area (Å²) in [4.78, 5) is 38.9. The van der Waals surface area contributed by atoms with E-state index in [1.807, 2.05) is 6.92 Å². The van der Waals surface area contributed by atoms with E-state index in [4.69, 9.17) is 0 Å². The van der Waals surface area contributed by atoms with E-state index in [1.165, 1.54) is 12.1 Å². The minimum Gasteiger partial charge on any atom is -0.350 e. The molecular formula is C26H30F2N6O2. The van der Waals surface area contributed by atoms with Crippen LogP contribution in [-0.2, 0) is 4.79 Å². The van der Waals surface area contributed by atoms with E-state index in [0.717, 1.165) is 38.4 Å². The molecule has 2 amide bonds. The molecule has 0 saturated carbocycles. The summed E-state index contributed by atoms with van der Waals surface area (Å²) in [6, 6.07) is 2.63. The molecule has 3 aromatic rings. The molecule has 8 nitrogen and oxygen atoms in total. The van der Waals surface area contributed by atoms with Crippen LogP contribution in [0.3, 0.4) is 0 Å². The maximum Gasteiger partial charge on any atom is 0.274 e. The number of nitrogens with one attached hydrogen (secondary N) is 1. The molecular weight excluding hydrogens is 466 g/mol. The van der Waals surface area contributed by atoms with Crippen molar-refractivity contribution in [2.75, 3.05) is 26.2 Å². The van der Waals surface area contributed by atoms with Crippen LogP contribution in [0.4, 0.5) is 8.78 Å². The molecule has 2 fully saturated rings. The van der Waals surface area contributed by atoms with Crippen molar-refractivity contribution in [2.45, 2.75) is 50.6 Å². The average molecular weight is 497 g/mol. The van der Waals surface area contributed by atoms with Crippen molar-refractivity contribution in [2.24, 2.45) is 0 Å². The highest BCUT2D eigenvalue weighted by molar-refractivity contribution is 5.98. The van der Waals surface area contributed by atoms with Gasteiger partial charge in [0.2, 0.25) is 5.91 Å². The van der Waals surface area contributed by atoms with Crippen molar-refractivity contribution in [3.8, 4) is 0 Å². The lowest BCUT2D eigenvalue weighted by molar-refractivity contribution is -0.127. The smallest absolute Gasteiger partial charge is 0.274 e. The number of halogens is 2. The molecule has 1 N–H and O–H groups in total. The molecule has 0 spiro atoms. The predicted octanol–water partition coefficient (Wildman–Crippen LogP) is 3.00. The van der Waals surface area contributed by atoms with Crippen LogP contribution in [0.25, 0.3) is 5.52 Å². The first-order chi connectivity index (χ1) is 17.4. The highest BCUT2D eigenvalue weighted by atomic mass is 19.1. The van der Waals surface area contributed by atoms with Gasteiger partial charge in [-0.2, -0.15) is 0 Å². The molecule has 2 aliphatic rings. The SMILES string of the molecule is C[C@H](C(=O)N[C@@H]1CN(C(=O)c2nccn3cncc23)CC[C@H]1c1cc(F)cc(F)c1)N1CCCCC1. The molecule has 4 heterocycles. The first-order valence-corrected chi connectivity index (χ1v) is 12.5. The normalized spacial score (nSPS) is 21.9. The lowest BCUT2D eigenvalue weighted by Crippen LogP contribution is -2.57. The number of fused-ring (bicyclic) bond motifs is 1. The minimum absolute atomic E-state index is 0.144. The summed E-state index contributed by atoms with van der Waals surface area (Å²) < 4.78 is 29.9. The number of nitrogens with zero attached hydrogens (tertiary/aromatic N) is 5. The average Bonchev–Trinajstić information content (AvgIpc) is 3.37. The Hall–Kier alpha value is -3.40. The fourth-order valence-corrected chi connectivity index (χ4v) is 5.41. The number of hydrogen-bond donors (Lipinski definition) is 1. The van der Waals surface area contributed by atoms with Crippen LogP contribution in [0.15, 0.2) is 43.1 Å². The minimum atomic E-state index is -0.660. The first-order valence-electron chi connectivity index (χ1n) is 12.5. The zero-order valence-electron chi connectivity index (χ0n) is 20.2. The third-order valence-corrected chi connectivity index (χ3v) is 7.40. The van der Waals surface area contributed by atoms with E-state index in [-0.39, 0.29) is 36.0 Å². The summed E-state index contributed by atoms with van der Waals surface area (Å²) in [6.45, 7) is 4.18. The number of rotatable bonds is 5. The fraction of sp³-hybridized carbons (Fsp3) is 0.462. The summed E-state index contributed by atoms with van der Waals surface area (Å²) >= 11 is 0. The van der Waals surface area contributed by atoms with E-state index in [9.17, 15) is 18.4 Å². The molecule has 190 valence electrons. The second kappa shape index (κ2) is 10.3. The largest absolute Gasteiger partial charge is 0.350 e. The number of benzene rings is 1. The molecule has 2 aliphatic heterocycles. The van der Waals surface area contributed by atoms with Gasteiger partial charge in [-0.15, -0.1) is 0 Å². The molecule has 0 bridgehead atoms. The number of carbonyl (C=O) groups is 2. The Kier molecular flexibility index (Phi) is 6.95. The van der Waals surface area contributed by atoms with Gasteiger partial charge in [-0.05, 0) is 57.0 Å². The summed E-state index contributed by atoms with van der Waals surface area (Å²) in [5.41, 5.74) is 1.35. The molecule has 2 saturated heterocycles. The third-order valence-electron chi connectivity index (χ3n) is 7.40. The van der Waals surface area contributed by atoms with Crippen LogP contribution in [0.5, 0.6) is 0 Å². The molecule has 1 aromatic carbocycles. The highest BCUT2D eigenvalue weighted by Crippen LogP contribution is 2.31. The van der Waals surface area contributed by atoms with E-state index in [0.29, 0.717) is 24.0 Å². The Bertz CT molecular complexity index is 1240. The predicted molar refractivity (Wildman–Crippen MR) is 129 cm³/mol. The van der Waals surface area contributed by atoms with Crippen LogP contribution in [0.2, 0.25) is 0 Å².